The zero-order valence-electron chi connectivity index (χ0n) is 11.8. The summed E-state index contributed by atoms with van der Waals surface area (Å²) in [5.74, 6) is -0.382. The monoisotopic (exact) mass is 282 g/mol. The molecule has 4 nitrogen and oxygen atoms in total. The van der Waals surface area contributed by atoms with Gasteiger partial charge in [-0.2, -0.15) is 0 Å². The van der Waals surface area contributed by atoms with Crippen molar-refractivity contribution >= 4 is 5.97 Å². The highest BCUT2D eigenvalue weighted by Gasteiger charge is 2.15. The second-order valence-corrected chi connectivity index (χ2v) is 5.55. The maximum Gasteiger partial charge on any atom is 0.356 e. The van der Waals surface area contributed by atoms with Gasteiger partial charge in [0.25, 0.3) is 0 Å². The van der Waals surface area contributed by atoms with E-state index in [1.165, 1.54) is 43.9 Å². The summed E-state index contributed by atoms with van der Waals surface area (Å²) >= 11 is 0. The molecule has 0 aliphatic heterocycles. The molecule has 4 heteroatoms. The Morgan fingerprint density at radius 2 is 1.76 bits per heavy atom. The molecule has 1 N–H and O–H groups in total. The van der Waals surface area contributed by atoms with Crippen LogP contribution in [0.5, 0.6) is 0 Å². The first-order valence-corrected chi connectivity index (χ1v) is 7.40. The maximum atomic E-state index is 10.9. The topological polar surface area (TPSA) is 63.1 Å². The summed E-state index contributed by atoms with van der Waals surface area (Å²) in [6.45, 7) is 0. The first kappa shape index (κ1) is 13.7. The summed E-state index contributed by atoms with van der Waals surface area (Å²) in [5, 5.41) is 8.97. The van der Waals surface area contributed by atoms with Gasteiger partial charge in [0.1, 0.15) is 0 Å². The van der Waals surface area contributed by atoms with Crippen LogP contribution < -0.4 is 0 Å². The summed E-state index contributed by atoms with van der Waals surface area (Å²) < 4.78 is 0. The van der Waals surface area contributed by atoms with Gasteiger partial charge in [0.2, 0.25) is 0 Å². The predicted molar refractivity (Wildman–Crippen MR) is 80.3 cm³/mol. The van der Waals surface area contributed by atoms with Crippen LogP contribution in [0.2, 0.25) is 0 Å². The molecule has 1 aromatic carbocycles. The molecule has 21 heavy (non-hydrogen) atoms. The van der Waals surface area contributed by atoms with Crippen molar-refractivity contribution in [3.05, 3.63) is 47.9 Å². The molecule has 0 amide bonds. The van der Waals surface area contributed by atoms with E-state index in [-0.39, 0.29) is 5.69 Å². The highest BCUT2D eigenvalue weighted by Crippen LogP contribution is 2.33. The van der Waals surface area contributed by atoms with Crippen LogP contribution >= 0.6 is 0 Å². The lowest BCUT2D eigenvalue weighted by molar-refractivity contribution is 0.0690. The van der Waals surface area contributed by atoms with Gasteiger partial charge in [-0.25, -0.2) is 9.78 Å². The fourth-order valence-corrected chi connectivity index (χ4v) is 2.97. The number of carboxylic acids is 1. The number of carboxylic acid groups (broad SMARTS) is 1. The van der Waals surface area contributed by atoms with Crippen molar-refractivity contribution < 1.29 is 9.90 Å². The van der Waals surface area contributed by atoms with Gasteiger partial charge in [-0.1, -0.05) is 43.5 Å². The van der Waals surface area contributed by atoms with Crippen molar-refractivity contribution in [2.24, 2.45) is 0 Å². The molecule has 1 aliphatic carbocycles. The third kappa shape index (κ3) is 3.10. The third-order valence-electron chi connectivity index (χ3n) is 4.14. The molecule has 1 saturated carbocycles. The first-order valence-electron chi connectivity index (χ1n) is 7.40. The Balaban J connectivity index is 1.83. The lowest BCUT2D eigenvalue weighted by atomic mass is 9.84. The Bertz CT molecular complexity index is 631. The standard InChI is InChI=1S/C17H18N2O2/c20-17(21)16-11-18-10-15(19-16)14-8-6-13(7-9-14)12-4-2-1-3-5-12/h6-12H,1-5H2,(H,20,21). The van der Waals surface area contributed by atoms with Gasteiger partial charge in [-0.3, -0.25) is 4.98 Å². The van der Waals surface area contributed by atoms with Gasteiger partial charge in [0.15, 0.2) is 5.69 Å². The largest absolute Gasteiger partial charge is 0.476 e. The van der Waals surface area contributed by atoms with Crippen LogP contribution in [-0.4, -0.2) is 21.0 Å². The van der Waals surface area contributed by atoms with E-state index >= 15 is 0 Å². The number of rotatable bonds is 3. The Labute approximate surface area is 123 Å². The fourth-order valence-electron chi connectivity index (χ4n) is 2.97. The molecule has 1 aromatic heterocycles. The average molecular weight is 282 g/mol. The van der Waals surface area contributed by atoms with Crippen molar-refractivity contribution in [1.29, 1.82) is 0 Å². The van der Waals surface area contributed by atoms with E-state index in [2.05, 4.69) is 22.1 Å². The number of hydrogen-bond acceptors (Lipinski definition) is 3. The average Bonchev–Trinajstić information content (AvgIpc) is 2.56. The van der Waals surface area contributed by atoms with Gasteiger partial charge in [-0.15, -0.1) is 0 Å². The first-order chi connectivity index (χ1) is 10.2. The SMILES string of the molecule is O=C(O)c1cncc(-c2ccc(C3CCCCC3)cc2)n1. The van der Waals surface area contributed by atoms with Gasteiger partial charge >= 0.3 is 5.97 Å². The summed E-state index contributed by atoms with van der Waals surface area (Å²) in [4.78, 5) is 19.0. The normalized spacial score (nSPS) is 15.8. The molecular formula is C17H18N2O2. The van der Waals surface area contributed by atoms with E-state index in [0.717, 1.165) is 5.56 Å². The van der Waals surface area contributed by atoms with Crippen molar-refractivity contribution in [3.8, 4) is 11.3 Å². The quantitative estimate of drug-likeness (QED) is 0.927. The van der Waals surface area contributed by atoms with Crippen LogP contribution in [0.15, 0.2) is 36.7 Å². The summed E-state index contributed by atoms with van der Waals surface area (Å²) in [5.41, 5.74) is 2.86. The lowest BCUT2D eigenvalue weighted by Gasteiger charge is -2.22. The molecule has 1 aliphatic rings. The zero-order valence-corrected chi connectivity index (χ0v) is 11.8. The minimum atomic E-state index is -1.05. The molecule has 0 saturated heterocycles. The van der Waals surface area contributed by atoms with Crippen LogP contribution in [0, 0.1) is 0 Å². The highest BCUT2D eigenvalue weighted by molar-refractivity contribution is 5.85. The molecule has 0 spiro atoms. The van der Waals surface area contributed by atoms with Crippen LogP contribution in [0.3, 0.4) is 0 Å². The minimum absolute atomic E-state index is 0.0242. The number of benzene rings is 1. The van der Waals surface area contributed by atoms with Crippen LogP contribution in [0.25, 0.3) is 11.3 Å². The smallest absolute Gasteiger partial charge is 0.356 e. The van der Waals surface area contributed by atoms with E-state index in [4.69, 9.17) is 5.11 Å². The van der Waals surface area contributed by atoms with Crippen molar-refractivity contribution in [1.82, 2.24) is 9.97 Å². The van der Waals surface area contributed by atoms with Crippen molar-refractivity contribution in [3.63, 3.8) is 0 Å². The minimum Gasteiger partial charge on any atom is -0.476 e. The van der Waals surface area contributed by atoms with Crippen LogP contribution in [0.1, 0.15) is 54.1 Å². The van der Waals surface area contributed by atoms with Gasteiger partial charge in [0, 0.05) is 5.56 Å². The third-order valence-corrected chi connectivity index (χ3v) is 4.14. The number of hydrogen-bond donors (Lipinski definition) is 1. The molecule has 1 fully saturated rings. The van der Waals surface area contributed by atoms with Crippen molar-refractivity contribution in [2.45, 2.75) is 38.0 Å². The van der Waals surface area contributed by atoms with Gasteiger partial charge in [0.05, 0.1) is 18.1 Å². The Kier molecular flexibility index (Phi) is 3.95. The van der Waals surface area contributed by atoms with E-state index in [9.17, 15) is 4.79 Å². The molecule has 0 unspecified atom stereocenters. The van der Waals surface area contributed by atoms with E-state index in [0.29, 0.717) is 11.6 Å². The van der Waals surface area contributed by atoms with Crippen molar-refractivity contribution in [2.75, 3.05) is 0 Å². The Hall–Kier alpha value is -2.23. The van der Waals surface area contributed by atoms with Gasteiger partial charge < -0.3 is 5.11 Å². The van der Waals surface area contributed by atoms with Gasteiger partial charge in [-0.05, 0) is 24.3 Å². The second kappa shape index (κ2) is 6.04. The molecular weight excluding hydrogens is 264 g/mol. The lowest BCUT2D eigenvalue weighted by Crippen LogP contribution is -2.04. The summed E-state index contributed by atoms with van der Waals surface area (Å²) in [6.07, 6.45) is 9.40. The van der Waals surface area contributed by atoms with E-state index in [1.807, 2.05) is 12.1 Å². The van der Waals surface area contributed by atoms with Crippen LogP contribution in [0.4, 0.5) is 0 Å². The second-order valence-electron chi connectivity index (χ2n) is 5.55. The predicted octanol–water partition coefficient (Wildman–Crippen LogP) is 3.89. The zero-order chi connectivity index (χ0) is 14.7. The molecule has 0 atom stereocenters. The summed E-state index contributed by atoms with van der Waals surface area (Å²) in [7, 11) is 0. The summed E-state index contributed by atoms with van der Waals surface area (Å²) in [6, 6.07) is 8.31. The Morgan fingerprint density at radius 1 is 1.05 bits per heavy atom. The molecule has 0 radical (unpaired) electrons. The highest BCUT2D eigenvalue weighted by atomic mass is 16.4. The number of nitrogens with zero attached hydrogens (tertiary/aromatic N) is 2. The number of aromatic carboxylic acids is 1. The number of carbonyl (C=O) groups is 1. The van der Waals surface area contributed by atoms with Crippen LogP contribution in [-0.2, 0) is 0 Å². The fraction of sp³-hybridized carbons (Fsp3) is 0.353. The van der Waals surface area contributed by atoms with E-state index in [1.54, 1.807) is 6.20 Å². The molecule has 108 valence electrons. The maximum absolute atomic E-state index is 10.9. The van der Waals surface area contributed by atoms with E-state index < -0.39 is 5.97 Å². The molecule has 1 heterocycles. The molecule has 3 rings (SSSR count). The number of aromatic nitrogens is 2. The Morgan fingerprint density at radius 3 is 2.43 bits per heavy atom. The molecule has 0 bridgehead atoms. The molecule has 2 aromatic rings.